The number of carboxylic acid groups (broad SMARTS) is 1. The molecule has 0 bridgehead atoms. The van der Waals surface area contributed by atoms with Crippen molar-refractivity contribution in [2.45, 2.75) is 37.8 Å². The van der Waals surface area contributed by atoms with Gasteiger partial charge in [0.2, 0.25) is 5.91 Å². The molecule has 1 saturated heterocycles. The molecule has 0 aromatic heterocycles. The van der Waals surface area contributed by atoms with Crippen LogP contribution < -0.4 is 5.73 Å². The Hall–Kier alpha value is -2.77. The van der Waals surface area contributed by atoms with E-state index < -0.39 is 6.04 Å². The third kappa shape index (κ3) is 7.77. The zero-order chi connectivity index (χ0) is 22.6. The highest BCUT2D eigenvalue weighted by molar-refractivity contribution is 5.77. The van der Waals surface area contributed by atoms with E-state index in [2.05, 4.69) is 17.0 Å². The number of carbonyl (C=O) groups excluding carboxylic acids is 1. The van der Waals surface area contributed by atoms with Crippen LogP contribution in [0.3, 0.4) is 0 Å². The number of carbonyl (C=O) groups is 2. The van der Waals surface area contributed by atoms with Gasteiger partial charge in [0.1, 0.15) is 5.82 Å². The van der Waals surface area contributed by atoms with Crippen molar-refractivity contribution in [2.24, 2.45) is 5.73 Å². The van der Waals surface area contributed by atoms with Gasteiger partial charge >= 0.3 is 0 Å². The molecule has 3 N–H and O–H groups in total. The molecule has 2 aromatic carbocycles. The summed E-state index contributed by atoms with van der Waals surface area (Å²) in [6.45, 7) is 2.74. The van der Waals surface area contributed by atoms with E-state index in [0.29, 0.717) is 12.0 Å². The molecule has 6 nitrogen and oxygen atoms in total. The monoisotopic (exact) mass is 429 g/mol. The SMILES string of the molecule is CN(C(=O)C[C@H](N)Cc1ccccc1F)[C@@H](CN1CCCC1)c1ccccc1.O=CO. The lowest BCUT2D eigenvalue weighted by atomic mass is 10.0. The first-order valence-corrected chi connectivity index (χ1v) is 10.6. The Morgan fingerprint density at radius 3 is 2.35 bits per heavy atom. The first-order valence-electron chi connectivity index (χ1n) is 10.6. The van der Waals surface area contributed by atoms with E-state index in [9.17, 15) is 9.18 Å². The average Bonchev–Trinajstić information content (AvgIpc) is 3.28. The zero-order valence-corrected chi connectivity index (χ0v) is 18.0. The predicted molar refractivity (Wildman–Crippen MR) is 119 cm³/mol. The van der Waals surface area contributed by atoms with Crippen LogP contribution in [0.2, 0.25) is 0 Å². The normalized spacial score (nSPS) is 15.5. The molecule has 0 radical (unpaired) electrons. The molecule has 2 aromatic rings. The van der Waals surface area contributed by atoms with E-state index in [-0.39, 0.29) is 30.7 Å². The molecule has 1 fully saturated rings. The van der Waals surface area contributed by atoms with Crippen LogP contribution in [0, 0.1) is 5.82 Å². The number of amides is 1. The lowest BCUT2D eigenvalue weighted by Gasteiger charge is -2.32. The van der Waals surface area contributed by atoms with Crippen LogP contribution in [0.5, 0.6) is 0 Å². The molecule has 0 saturated carbocycles. The van der Waals surface area contributed by atoms with E-state index in [1.165, 1.54) is 18.9 Å². The molecule has 2 atom stereocenters. The molecule has 1 heterocycles. The highest BCUT2D eigenvalue weighted by Gasteiger charge is 2.26. The lowest BCUT2D eigenvalue weighted by Crippen LogP contribution is -2.41. The summed E-state index contributed by atoms with van der Waals surface area (Å²) in [5.74, 6) is -0.271. The molecular formula is C24H32FN3O3. The van der Waals surface area contributed by atoms with Gasteiger partial charge in [0.25, 0.3) is 6.47 Å². The van der Waals surface area contributed by atoms with Crippen molar-refractivity contribution in [2.75, 3.05) is 26.7 Å². The zero-order valence-electron chi connectivity index (χ0n) is 18.0. The van der Waals surface area contributed by atoms with Crippen molar-refractivity contribution in [3.63, 3.8) is 0 Å². The second-order valence-electron chi connectivity index (χ2n) is 7.80. The van der Waals surface area contributed by atoms with Gasteiger partial charge in [0.05, 0.1) is 6.04 Å². The largest absolute Gasteiger partial charge is 0.483 e. The van der Waals surface area contributed by atoms with Crippen LogP contribution in [0.15, 0.2) is 54.6 Å². The van der Waals surface area contributed by atoms with Crippen LogP contribution in [0.1, 0.15) is 36.4 Å². The summed E-state index contributed by atoms with van der Waals surface area (Å²) < 4.78 is 13.9. The summed E-state index contributed by atoms with van der Waals surface area (Å²) in [5, 5.41) is 6.89. The third-order valence-electron chi connectivity index (χ3n) is 5.55. The number of benzene rings is 2. The molecule has 0 unspecified atom stereocenters. The minimum absolute atomic E-state index is 0.00288. The molecule has 0 spiro atoms. The van der Waals surface area contributed by atoms with Crippen molar-refractivity contribution in [3.05, 3.63) is 71.5 Å². The van der Waals surface area contributed by atoms with Gasteiger partial charge in [-0.05, 0) is 49.5 Å². The number of hydrogen-bond donors (Lipinski definition) is 2. The van der Waals surface area contributed by atoms with Crippen molar-refractivity contribution < 1.29 is 19.1 Å². The molecular weight excluding hydrogens is 397 g/mol. The second kappa shape index (κ2) is 12.8. The highest BCUT2D eigenvalue weighted by atomic mass is 19.1. The highest BCUT2D eigenvalue weighted by Crippen LogP contribution is 2.24. The topological polar surface area (TPSA) is 86.9 Å². The Labute approximate surface area is 183 Å². The van der Waals surface area contributed by atoms with Gasteiger partial charge in [0.15, 0.2) is 0 Å². The van der Waals surface area contributed by atoms with E-state index in [0.717, 1.165) is 25.2 Å². The first kappa shape index (κ1) is 24.5. The average molecular weight is 430 g/mol. The molecule has 31 heavy (non-hydrogen) atoms. The summed E-state index contributed by atoms with van der Waals surface area (Å²) in [4.78, 5) is 25.5. The van der Waals surface area contributed by atoms with Gasteiger partial charge in [-0.15, -0.1) is 0 Å². The van der Waals surface area contributed by atoms with Crippen LogP contribution in [-0.4, -0.2) is 60.0 Å². The Morgan fingerprint density at radius 1 is 1.16 bits per heavy atom. The minimum Gasteiger partial charge on any atom is -0.483 e. The summed E-state index contributed by atoms with van der Waals surface area (Å²) in [6.07, 6.45) is 2.99. The van der Waals surface area contributed by atoms with E-state index in [4.69, 9.17) is 15.6 Å². The van der Waals surface area contributed by atoms with Crippen molar-refractivity contribution >= 4 is 12.4 Å². The fourth-order valence-electron chi connectivity index (χ4n) is 3.90. The second-order valence-corrected chi connectivity index (χ2v) is 7.80. The fourth-order valence-corrected chi connectivity index (χ4v) is 3.90. The Bertz CT molecular complexity index is 813. The van der Waals surface area contributed by atoms with Gasteiger partial charge in [-0.2, -0.15) is 0 Å². The number of rotatable bonds is 8. The maximum Gasteiger partial charge on any atom is 0.290 e. The van der Waals surface area contributed by atoms with Gasteiger partial charge in [-0.25, -0.2) is 4.39 Å². The maximum absolute atomic E-state index is 13.9. The quantitative estimate of drug-likeness (QED) is 0.630. The van der Waals surface area contributed by atoms with Gasteiger partial charge < -0.3 is 20.6 Å². The number of likely N-dealkylation sites (N-methyl/N-ethyl adjacent to an activating group) is 1. The molecule has 1 aliphatic heterocycles. The van der Waals surface area contributed by atoms with Crippen LogP contribution >= 0.6 is 0 Å². The van der Waals surface area contributed by atoms with Crippen molar-refractivity contribution in [3.8, 4) is 0 Å². The minimum atomic E-state index is -0.407. The Kier molecular flexibility index (Phi) is 10.1. The maximum atomic E-state index is 13.9. The molecule has 1 aliphatic rings. The van der Waals surface area contributed by atoms with Crippen molar-refractivity contribution in [1.29, 1.82) is 0 Å². The molecule has 0 aliphatic carbocycles. The molecule has 7 heteroatoms. The molecule has 3 rings (SSSR count). The van der Waals surface area contributed by atoms with E-state index in [1.807, 2.05) is 30.1 Å². The number of hydrogen-bond acceptors (Lipinski definition) is 4. The summed E-state index contributed by atoms with van der Waals surface area (Å²) >= 11 is 0. The predicted octanol–water partition coefficient (Wildman–Crippen LogP) is 3.08. The molecule has 1 amide bonds. The van der Waals surface area contributed by atoms with Crippen LogP contribution in [0.4, 0.5) is 4.39 Å². The van der Waals surface area contributed by atoms with E-state index >= 15 is 0 Å². The number of likely N-dealkylation sites (tertiary alicyclic amines) is 1. The Balaban J connectivity index is 0.00000107. The van der Waals surface area contributed by atoms with Gasteiger partial charge in [-0.1, -0.05) is 48.5 Å². The lowest BCUT2D eigenvalue weighted by molar-refractivity contribution is -0.132. The summed E-state index contributed by atoms with van der Waals surface area (Å²) in [5.41, 5.74) is 7.88. The summed E-state index contributed by atoms with van der Waals surface area (Å²) in [7, 11) is 1.85. The number of nitrogens with two attached hydrogens (primary N) is 1. The number of nitrogens with zero attached hydrogens (tertiary/aromatic N) is 2. The smallest absolute Gasteiger partial charge is 0.290 e. The van der Waals surface area contributed by atoms with Crippen LogP contribution in [0.25, 0.3) is 0 Å². The summed E-state index contributed by atoms with van der Waals surface area (Å²) in [6, 6.07) is 16.3. The standard InChI is InChI=1S/C23H30FN3O.CH2O2/c1-26(23(28)16-20(25)15-19-11-5-6-12-21(19)24)22(17-27-13-7-8-14-27)18-9-3-2-4-10-18;2-1-3/h2-6,9-12,20,22H,7-8,13-17,25H2,1H3;1H,(H,2,3)/t20-,22+;/m1./s1. The van der Waals surface area contributed by atoms with Gasteiger partial charge in [-0.3, -0.25) is 9.59 Å². The van der Waals surface area contributed by atoms with Gasteiger partial charge in [0, 0.05) is 26.1 Å². The first-order chi connectivity index (χ1) is 15.0. The third-order valence-corrected chi connectivity index (χ3v) is 5.55. The molecule has 168 valence electrons. The van der Waals surface area contributed by atoms with Crippen molar-refractivity contribution in [1.82, 2.24) is 9.80 Å². The van der Waals surface area contributed by atoms with Crippen LogP contribution in [-0.2, 0) is 16.0 Å². The Morgan fingerprint density at radius 2 is 1.74 bits per heavy atom. The number of halogens is 1. The fraction of sp³-hybridized carbons (Fsp3) is 0.417. The van der Waals surface area contributed by atoms with E-state index in [1.54, 1.807) is 18.2 Å².